The van der Waals surface area contributed by atoms with Gasteiger partial charge in [0.1, 0.15) is 0 Å². The zero-order chi connectivity index (χ0) is 92.8. The second-order valence-corrected chi connectivity index (χ2v) is 42.5. The van der Waals surface area contributed by atoms with Gasteiger partial charge < -0.3 is 0 Å². The largest absolute Gasteiger partial charge is 0.0654 e. The molecule has 738 valence electrons. The van der Waals surface area contributed by atoms with Gasteiger partial charge in [-0.25, -0.2) is 0 Å². The lowest BCUT2D eigenvalue weighted by Crippen LogP contribution is -2.18. The summed E-state index contributed by atoms with van der Waals surface area (Å²) in [6, 6.07) is 61.1. The molecule has 0 heteroatoms. The van der Waals surface area contributed by atoms with Gasteiger partial charge in [0.2, 0.25) is 0 Å². The van der Waals surface area contributed by atoms with Crippen LogP contribution in [0.4, 0.5) is 0 Å². The van der Waals surface area contributed by atoms with Crippen molar-refractivity contribution in [2.75, 3.05) is 0 Å². The Labute approximate surface area is 821 Å². The zero-order valence-corrected chi connectivity index (χ0v) is 88.3. The Bertz CT molecular complexity index is 3070. The van der Waals surface area contributed by atoms with Gasteiger partial charge in [-0.15, -0.1) is 0 Å². The highest BCUT2D eigenvalue weighted by Gasteiger charge is 2.25. The fourth-order valence-electron chi connectivity index (χ4n) is 21.7. The number of hydrogen-bond acceptors (Lipinski definition) is 0. The summed E-state index contributed by atoms with van der Waals surface area (Å²) in [6.07, 6.45) is 112. The van der Waals surface area contributed by atoms with Crippen molar-refractivity contribution >= 4 is 0 Å². The highest BCUT2D eigenvalue weighted by atomic mass is 14.3. The third kappa shape index (κ3) is 54.6. The summed E-state index contributed by atoms with van der Waals surface area (Å²) in [5.41, 5.74) is 28.5. The quantitative estimate of drug-likeness (QED) is 0.0333. The fraction of sp³-hybridized carbons (Fsp3) is 0.682. The summed E-state index contributed by atoms with van der Waals surface area (Å²) >= 11 is 0. The molecule has 0 amide bonds. The average Bonchev–Trinajstić information content (AvgIpc) is 0.760. The molecule has 0 saturated heterocycles. The molecule has 7 aromatic carbocycles. The van der Waals surface area contributed by atoms with Crippen LogP contribution >= 0.6 is 0 Å². The van der Waals surface area contributed by atoms with Gasteiger partial charge in [0, 0.05) is 0 Å². The number of benzene rings is 7. The summed E-state index contributed by atoms with van der Waals surface area (Å²) in [4.78, 5) is 0. The monoisotopic (exact) mass is 1800 g/mol. The molecule has 0 heterocycles. The molecule has 0 spiro atoms. The number of hydrogen-bond donors (Lipinski definition) is 0. The molecule has 7 aromatic rings. The van der Waals surface area contributed by atoms with Crippen LogP contribution in [0.2, 0.25) is 0 Å². The van der Waals surface area contributed by atoms with E-state index in [2.05, 4.69) is 187 Å². The van der Waals surface area contributed by atoms with Crippen molar-refractivity contribution in [3.8, 4) is 0 Å². The Morgan fingerprint density at radius 3 is 0.250 bits per heavy atom. The molecule has 0 N–H and O–H groups in total. The summed E-state index contributed by atoms with van der Waals surface area (Å²) < 4.78 is 0. The molecule has 0 saturated carbocycles. The van der Waals surface area contributed by atoms with E-state index in [1.165, 1.54) is 529 Å². The molecule has 0 aliphatic heterocycles. The molecule has 0 aromatic heterocycles. The van der Waals surface area contributed by atoms with E-state index in [0.29, 0.717) is 0 Å². The van der Waals surface area contributed by atoms with Crippen LogP contribution in [0.3, 0.4) is 0 Å². The van der Waals surface area contributed by atoms with E-state index in [9.17, 15) is 0 Å². The second-order valence-electron chi connectivity index (χ2n) is 42.5. The predicted molar refractivity (Wildman–Crippen MR) is 591 cm³/mol. The summed E-state index contributed by atoms with van der Waals surface area (Å²) in [5, 5.41) is 0. The number of aryl methyl sites for hydroxylation is 12. The normalized spacial score (nSPS) is 11.7. The van der Waals surface area contributed by atoms with Crippen LogP contribution in [0.5, 0.6) is 0 Å². The van der Waals surface area contributed by atoms with E-state index in [0.717, 1.165) is 77.0 Å². The lowest BCUT2D eigenvalue weighted by Gasteiger charge is -2.28. The van der Waals surface area contributed by atoms with Crippen molar-refractivity contribution in [3.05, 3.63) is 246 Å². The van der Waals surface area contributed by atoms with Crippen molar-refractivity contribution < 1.29 is 0 Å². The van der Waals surface area contributed by atoms with Crippen LogP contribution in [0.1, 0.15) is 565 Å². The van der Waals surface area contributed by atoms with Gasteiger partial charge in [-0.05, 0) is 254 Å². The third-order valence-corrected chi connectivity index (χ3v) is 30.7. The Kier molecular flexibility index (Phi) is 68.3. The first-order valence-corrected chi connectivity index (χ1v) is 59.0. The fourth-order valence-corrected chi connectivity index (χ4v) is 21.7. The van der Waals surface area contributed by atoms with Crippen molar-refractivity contribution in [2.45, 2.75) is 581 Å². The second kappa shape index (κ2) is 79.5. The minimum absolute atomic E-state index is 1.07. The van der Waals surface area contributed by atoms with Crippen molar-refractivity contribution in [3.63, 3.8) is 0 Å². The van der Waals surface area contributed by atoms with Gasteiger partial charge in [0.05, 0.1) is 0 Å². The minimum atomic E-state index is 1.07. The summed E-state index contributed by atoms with van der Waals surface area (Å²) in [5.74, 6) is 0. The van der Waals surface area contributed by atoms with Gasteiger partial charge in [0.25, 0.3) is 0 Å². The Balaban J connectivity index is 1.27. The van der Waals surface area contributed by atoms with Gasteiger partial charge in [-0.1, -0.05) is 572 Å². The van der Waals surface area contributed by atoms with E-state index >= 15 is 0 Å². The lowest BCUT2D eigenvalue weighted by atomic mass is 9.76. The topological polar surface area (TPSA) is 0 Å². The number of unbranched alkanes of at least 4 members (excludes halogenated alkanes) is 60. The average molecular weight is 1800 g/mol. The maximum absolute atomic E-state index is 2.56. The first-order valence-electron chi connectivity index (χ1n) is 59.0. The molecule has 132 heavy (non-hydrogen) atoms. The standard InChI is InChI=1S/C132H210/c1-7-13-19-25-31-37-43-49-55-61-67-73-115-79-91-121(92-80-115)103-109-127-128(110-104-122-93-81-116(82-94-122)74-68-62-56-50-44-38-32-26-20-14-8-2)130(112-106-124-97-85-118(86-98-124)76-70-64-58-52-46-40-34-28-22-16-10-4)132(114-108-126-101-89-120(90-102-126)78-72-66-60-54-48-42-36-30-24-18-12-6)131(113-107-125-99-87-119(88-100-125)77-71-65-59-53-47-41-35-29-23-17-11-5)129(127)111-105-123-95-83-117(84-96-123)75-69-63-57-51-45-39-33-27-21-15-9-3/h79-102H,7-78,103-114H2,1-6H3. The van der Waals surface area contributed by atoms with Crippen LogP contribution in [0.15, 0.2) is 146 Å². The first kappa shape index (κ1) is 114. The van der Waals surface area contributed by atoms with Gasteiger partial charge in [-0.2, -0.15) is 0 Å². The lowest BCUT2D eigenvalue weighted by molar-refractivity contribution is 0.549. The molecule has 0 bridgehead atoms. The first-order chi connectivity index (χ1) is 65.4. The van der Waals surface area contributed by atoms with Crippen LogP contribution < -0.4 is 0 Å². The van der Waals surface area contributed by atoms with E-state index in [-0.39, 0.29) is 0 Å². The van der Waals surface area contributed by atoms with Gasteiger partial charge >= 0.3 is 0 Å². The highest BCUT2D eigenvalue weighted by molar-refractivity contribution is 5.55. The minimum Gasteiger partial charge on any atom is -0.0654 e. The Morgan fingerprint density at radius 2 is 0.159 bits per heavy atom. The smallest absolute Gasteiger partial charge is 0.0233 e. The maximum atomic E-state index is 2.56. The summed E-state index contributed by atoms with van der Waals surface area (Å²) in [7, 11) is 0. The van der Waals surface area contributed by atoms with E-state index in [1.54, 1.807) is 33.4 Å². The Hall–Kier alpha value is -5.46. The van der Waals surface area contributed by atoms with Gasteiger partial charge in [-0.3, -0.25) is 0 Å². The van der Waals surface area contributed by atoms with E-state index < -0.39 is 0 Å². The summed E-state index contributed by atoms with van der Waals surface area (Å²) in [6.45, 7) is 14.0. The van der Waals surface area contributed by atoms with Gasteiger partial charge in [0.15, 0.2) is 0 Å². The molecule has 0 aliphatic carbocycles. The predicted octanol–water partition coefficient (Wildman–Crippen LogP) is 41.5. The highest BCUT2D eigenvalue weighted by Crippen LogP contribution is 2.37. The molecular weight excluding hydrogens is 1590 g/mol. The van der Waals surface area contributed by atoms with Crippen LogP contribution in [0.25, 0.3) is 0 Å². The number of rotatable bonds is 90. The molecule has 0 unspecified atom stereocenters. The third-order valence-electron chi connectivity index (χ3n) is 30.7. The van der Waals surface area contributed by atoms with Crippen molar-refractivity contribution in [1.82, 2.24) is 0 Å². The van der Waals surface area contributed by atoms with E-state index in [1.807, 2.05) is 0 Å². The zero-order valence-electron chi connectivity index (χ0n) is 88.3. The molecule has 0 aliphatic rings. The SMILES string of the molecule is CCCCCCCCCCCCCc1ccc(CCc2c(CCc3ccc(CCCCCCCCCCCCC)cc3)c(CCc3ccc(CCCCCCCCCCCCC)cc3)c(CCc3ccc(CCCCCCCCCCCCC)cc3)c(CCc3ccc(CCCCCCCCCCCCC)cc3)c2CCc2ccc(CCCCCCCCCCCCC)cc2)cc1. The molecule has 0 nitrogen and oxygen atoms in total. The van der Waals surface area contributed by atoms with Crippen molar-refractivity contribution in [1.29, 1.82) is 0 Å². The molecule has 0 atom stereocenters. The van der Waals surface area contributed by atoms with Crippen LogP contribution in [-0.4, -0.2) is 0 Å². The molecule has 0 fully saturated rings. The molecule has 0 radical (unpaired) electrons. The molecular formula is C132H210. The van der Waals surface area contributed by atoms with E-state index in [4.69, 9.17) is 0 Å². The Morgan fingerprint density at radius 1 is 0.0833 bits per heavy atom. The van der Waals surface area contributed by atoms with Crippen molar-refractivity contribution in [2.24, 2.45) is 0 Å². The van der Waals surface area contributed by atoms with Crippen LogP contribution in [-0.2, 0) is 116 Å². The molecule has 7 rings (SSSR count). The maximum Gasteiger partial charge on any atom is -0.0233 e. The van der Waals surface area contributed by atoms with Crippen LogP contribution in [0, 0.1) is 0 Å².